The van der Waals surface area contributed by atoms with Gasteiger partial charge in [0.25, 0.3) is 0 Å². The zero-order valence-corrected chi connectivity index (χ0v) is 17.2. The molecule has 0 saturated carbocycles. The lowest BCUT2D eigenvalue weighted by molar-refractivity contribution is -0.140. The lowest BCUT2D eigenvalue weighted by atomic mass is 9.94. The standard InChI is InChI=1S/C21H25Cl2NO2/c1-21(2,3)20(25)24(14-15-5-9-18(26-4)10-6-15)12-11-16-7-8-17(22)13-19(16)23/h5-10,13H,11-12,14H2,1-4H3. The van der Waals surface area contributed by atoms with Gasteiger partial charge in [0.05, 0.1) is 7.11 Å². The van der Waals surface area contributed by atoms with E-state index in [0.29, 0.717) is 29.6 Å². The maximum atomic E-state index is 12.9. The molecule has 0 heterocycles. The van der Waals surface area contributed by atoms with Crippen molar-refractivity contribution >= 4 is 29.1 Å². The predicted molar refractivity (Wildman–Crippen MR) is 108 cm³/mol. The third-order valence-electron chi connectivity index (χ3n) is 4.13. The van der Waals surface area contributed by atoms with E-state index < -0.39 is 5.41 Å². The first-order valence-corrected chi connectivity index (χ1v) is 9.32. The predicted octanol–water partition coefficient (Wildman–Crippen LogP) is 5.62. The zero-order valence-electron chi connectivity index (χ0n) is 15.7. The Morgan fingerprint density at radius 2 is 1.73 bits per heavy atom. The first-order chi connectivity index (χ1) is 12.2. The molecule has 26 heavy (non-hydrogen) atoms. The van der Waals surface area contributed by atoms with Crippen LogP contribution in [0.15, 0.2) is 42.5 Å². The van der Waals surface area contributed by atoms with Gasteiger partial charge in [0, 0.05) is 28.5 Å². The SMILES string of the molecule is COc1ccc(CN(CCc2ccc(Cl)cc2Cl)C(=O)C(C)(C)C)cc1. The topological polar surface area (TPSA) is 29.5 Å². The minimum atomic E-state index is -0.448. The number of carbonyl (C=O) groups is 1. The molecule has 0 spiro atoms. The van der Waals surface area contributed by atoms with Gasteiger partial charge >= 0.3 is 0 Å². The number of nitrogens with zero attached hydrogens (tertiary/aromatic N) is 1. The van der Waals surface area contributed by atoms with E-state index in [1.54, 1.807) is 13.2 Å². The van der Waals surface area contributed by atoms with Crippen LogP contribution in [0.2, 0.25) is 10.0 Å². The normalized spacial score (nSPS) is 11.3. The lowest BCUT2D eigenvalue weighted by Crippen LogP contribution is -2.40. The third kappa shape index (κ3) is 5.65. The summed E-state index contributed by atoms with van der Waals surface area (Å²) >= 11 is 12.2. The van der Waals surface area contributed by atoms with Gasteiger partial charge in [0.2, 0.25) is 5.91 Å². The van der Waals surface area contributed by atoms with E-state index in [4.69, 9.17) is 27.9 Å². The maximum absolute atomic E-state index is 12.9. The van der Waals surface area contributed by atoms with Crippen LogP contribution in [0.1, 0.15) is 31.9 Å². The average molecular weight is 394 g/mol. The molecule has 140 valence electrons. The van der Waals surface area contributed by atoms with Crippen LogP contribution in [0.25, 0.3) is 0 Å². The maximum Gasteiger partial charge on any atom is 0.228 e. The number of hydrogen-bond donors (Lipinski definition) is 0. The monoisotopic (exact) mass is 393 g/mol. The van der Waals surface area contributed by atoms with Gasteiger partial charge < -0.3 is 9.64 Å². The molecule has 0 fully saturated rings. The Morgan fingerprint density at radius 1 is 1.08 bits per heavy atom. The first kappa shape index (κ1) is 20.6. The van der Waals surface area contributed by atoms with Gasteiger partial charge in [0.1, 0.15) is 5.75 Å². The summed E-state index contributed by atoms with van der Waals surface area (Å²) in [5, 5.41) is 1.24. The highest BCUT2D eigenvalue weighted by Gasteiger charge is 2.27. The van der Waals surface area contributed by atoms with Crippen LogP contribution in [0.4, 0.5) is 0 Å². The number of halogens is 2. The van der Waals surface area contributed by atoms with Crippen LogP contribution in [-0.2, 0) is 17.8 Å². The second-order valence-electron chi connectivity index (χ2n) is 7.31. The summed E-state index contributed by atoms with van der Waals surface area (Å²) in [6.07, 6.45) is 0.675. The molecular weight excluding hydrogens is 369 g/mol. The smallest absolute Gasteiger partial charge is 0.228 e. The summed E-state index contributed by atoms with van der Waals surface area (Å²) in [6.45, 7) is 6.94. The fourth-order valence-electron chi connectivity index (χ4n) is 2.66. The van der Waals surface area contributed by atoms with Crippen LogP contribution in [0.3, 0.4) is 0 Å². The largest absolute Gasteiger partial charge is 0.497 e. The van der Waals surface area contributed by atoms with Crippen LogP contribution >= 0.6 is 23.2 Å². The molecule has 2 rings (SSSR count). The second-order valence-corrected chi connectivity index (χ2v) is 8.15. The van der Waals surface area contributed by atoms with Crippen molar-refractivity contribution in [3.8, 4) is 5.75 Å². The van der Waals surface area contributed by atoms with Gasteiger partial charge in [-0.3, -0.25) is 4.79 Å². The van der Waals surface area contributed by atoms with Crippen LogP contribution in [0.5, 0.6) is 5.75 Å². The average Bonchev–Trinajstić information content (AvgIpc) is 2.59. The molecule has 1 amide bonds. The van der Waals surface area contributed by atoms with E-state index >= 15 is 0 Å². The number of rotatable bonds is 6. The van der Waals surface area contributed by atoms with E-state index in [1.165, 1.54) is 0 Å². The quantitative estimate of drug-likeness (QED) is 0.637. The highest BCUT2D eigenvalue weighted by atomic mass is 35.5. The molecule has 3 nitrogen and oxygen atoms in total. The van der Waals surface area contributed by atoms with Crippen molar-refractivity contribution in [1.29, 1.82) is 0 Å². The van der Waals surface area contributed by atoms with Crippen molar-refractivity contribution in [2.75, 3.05) is 13.7 Å². The van der Waals surface area contributed by atoms with E-state index in [0.717, 1.165) is 16.9 Å². The Labute approximate surface area is 165 Å². The molecule has 0 aliphatic carbocycles. The number of hydrogen-bond acceptors (Lipinski definition) is 2. The van der Waals surface area contributed by atoms with Crippen molar-refractivity contribution in [2.24, 2.45) is 5.41 Å². The Balaban J connectivity index is 2.16. The summed E-state index contributed by atoms with van der Waals surface area (Å²) in [7, 11) is 1.64. The van der Waals surface area contributed by atoms with E-state index in [1.807, 2.05) is 62.1 Å². The van der Waals surface area contributed by atoms with E-state index in [2.05, 4.69) is 0 Å². The van der Waals surface area contributed by atoms with Crippen molar-refractivity contribution in [3.05, 3.63) is 63.6 Å². The third-order valence-corrected chi connectivity index (χ3v) is 4.71. The van der Waals surface area contributed by atoms with Crippen molar-refractivity contribution < 1.29 is 9.53 Å². The fourth-order valence-corrected chi connectivity index (χ4v) is 3.16. The molecule has 0 atom stereocenters. The highest BCUT2D eigenvalue weighted by molar-refractivity contribution is 6.35. The molecule has 0 unspecified atom stereocenters. The number of ether oxygens (including phenoxy) is 1. The summed E-state index contributed by atoms with van der Waals surface area (Å²) in [5.41, 5.74) is 1.60. The number of benzene rings is 2. The summed E-state index contributed by atoms with van der Waals surface area (Å²) < 4.78 is 5.20. The van der Waals surface area contributed by atoms with Crippen LogP contribution in [-0.4, -0.2) is 24.5 Å². The number of carbonyl (C=O) groups excluding carboxylic acids is 1. The molecule has 0 aromatic heterocycles. The Bertz CT molecular complexity index is 752. The van der Waals surface area contributed by atoms with Gasteiger partial charge in [0.15, 0.2) is 0 Å². The molecule has 2 aromatic rings. The summed E-state index contributed by atoms with van der Waals surface area (Å²) in [5.74, 6) is 0.911. The zero-order chi connectivity index (χ0) is 19.3. The minimum Gasteiger partial charge on any atom is -0.497 e. The molecule has 0 aliphatic rings. The second kappa shape index (κ2) is 8.79. The summed E-state index contributed by atoms with van der Waals surface area (Å²) in [6, 6.07) is 13.3. The van der Waals surface area contributed by atoms with Gasteiger partial charge in [-0.25, -0.2) is 0 Å². The molecule has 0 N–H and O–H groups in total. The van der Waals surface area contributed by atoms with E-state index in [9.17, 15) is 4.79 Å². The van der Waals surface area contributed by atoms with Crippen molar-refractivity contribution in [3.63, 3.8) is 0 Å². The minimum absolute atomic E-state index is 0.110. The van der Waals surface area contributed by atoms with Gasteiger partial charge in [-0.2, -0.15) is 0 Å². The van der Waals surface area contributed by atoms with E-state index in [-0.39, 0.29) is 5.91 Å². The first-order valence-electron chi connectivity index (χ1n) is 8.57. The Morgan fingerprint density at radius 3 is 2.27 bits per heavy atom. The fraction of sp³-hybridized carbons (Fsp3) is 0.381. The molecule has 0 radical (unpaired) electrons. The number of methoxy groups -OCH3 is 1. The number of amides is 1. The van der Waals surface area contributed by atoms with Gasteiger partial charge in [-0.15, -0.1) is 0 Å². The molecule has 2 aromatic carbocycles. The van der Waals surface area contributed by atoms with Gasteiger partial charge in [-0.1, -0.05) is 62.2 Å². The van der Waals surface area contributed by atoms with Crippen molar-refractivity contribution in [1.82, 2.24) is 4.90 Å². The molecule has 0 aliphatic heterocycles. The molecular formula is C21H25Cl2NO2. The Hall–Kier alpha value is -1.71. The van der Waals surface area contributed by atoms with Crippen LogP contribution in [0, 0.1) is 5.41 Å². The molecule has 5 heteroatoms. The van der Waals surface area contributed by atoms with Crippen LogP contribution < -0.4 is 4.74 Å². The lowest BCUT2D eigenvalue weighted by Gasteiger charge is -2.30. The Kier molecular flexibility index (Phi) is 6.96. The summed E-state index contributed by atoms with van der Waals surface area (Å²) in [4.78, 5) is 14.8. The molecule has 0 saturated heterocycles. The van der Waals surface area contributed by atoms with Gasteiger partial charge in [-0.05, 0) is 41.8 Å². The molecule has 0 bridgehead atoms. The highest BCUT2D eigenvalue weighted by Crippen LogP contribution is 2.24. The van der Waals surface area contributed by atoms with Crippen molar-refractivity contribution in [2.45, 2.75) is 33.7 Å².